The predicted octanol–water partition coefficient (Wildman–Crippen LogP) is 6.20. The van der Waals surface area contributed by atoms with E-state index in [9.17, 15) is 9.18 Å². The number of fused-ring (bicyclic) bond motifs is 1. The summed E-state index contributed by atoms with van der Waals surface area (Å²) in [4.78, 5) is 18.3. The average molecular weight is 507 g/mol. The van der Waals surface area contributed by atoms with Crippen LogP contribution in [0, 0.1) is 5.82 Å². The summed E-state index contributed by atoms with van der Waals surface area (Å²) < 4.78 is 25.9. The number of anilines is 1. The Morgan fingerprint density at radius 3 is 2.76 bits per heavy atom. The van der Waals surface area contributed by atoms with Crippen molar-refractivity contribution in [2.75, 3.05) is 18.8 Å². The molecule has 1 atom stereocenters. The fraction of sp³-hybridized carbons (Fsp3) is 0.333. The third-order valence-corrected chi connectivity index (χ3v) is 6.35. The molecule has 2 aromatic heterocycles. The van der Waals surface area contributed by atoms with Gasteiger partial charge >= 0.3 is 6.03 Å². The van der Waals surface area contributed by atoms with Gasteiger partial charge in [-0.3, -0.25) is 0 Å². The Balaban J connectivity index is 1.62. The van der Waals surface area contributed by atoms with Crippen molar-refractivity contribution in [2.45, 2.75) is 39.3 Å². The fourth-order valence-corrected chi connectivity index (χ4v) is 4.61. The summed E-state index contributed by atoms with van der Waals surface area (Å²) in [6.45, 7) is 6.61. The Bertz CT molecular complexity index is 1270. The number of benzene rings is 1. The van der Waals surface area contributed by atoms with Crippen molar-refractivity contribution in [1.29, 1.82) is 0 Å². The molecule has 0 fully saturated rings. The number of ether oxygens (including phenoxy) is 1. The van der Waals surface area contributed by atoms with Crippen LogP contribution in [0.2, 0.25) is 10.0 Å². The van der Waals surface area contributed by atoms with Crippen LogP contribution in [0.3, 0.4) is 0 Å². The van der Waals surface area contributed by atoms with Crippen LogP contribution in [0.15, 0.2) is 35.1 Å². The van der Waals surface area contributed by atoms with Crippen LogP contribution in [-0.2, 0) is 0 Å². The maximum absolute atomic E-state index is 14.0. The van der Waals surface area contributed by atoms with Crippen LogP contribution in [0.4, 0.5) is 15.0 Å². The summed E-state index contributed by atoms with van der Waals surface area (Å²) in [5.74, 6) is -0.249. The van der Waals surface area contributed by atoms with E-state index in [1.54, 1.807) is 24.3 Å². The highest BCUT2D eigenvalue weighted by atomic mass is 35.5. The van der Waals surface area contributed by atoms with Crippen LogP contribution in [0.25, 0.3) is 16.5 Å². The van der Waals surface area contributed by atoms with Gasteiger partial charge in [-0.1, -0.05) is 29.3 Å². The number of nitrogen functional groups attached to an aromatic ring is 1. The molecule has 0 bridgehead atoms. The third-order valence-electron chi connectivity index (χ3n) is 5.64. The number of aromatic nitrogens is 1. The molecule has 1 aromatic carbocycles. The molecule has 3 aromatic rings. The minimum absolute atomic E-state index is 0.0742. The highest BCUT2D eigenvalue weighted by molar-refractivity contribution is 6.36. The van der Waals surface area contributed by atoms with Gasteiger partial charge in [-0.25, -0.2) is 14.2 Å². The molecule has 0 saturated heterocycles. The topological polar surface area (TPSA) is 93.6 Å². The lowest BCUT2D eigenvalue weighted by Crippen LogP contribution is -2.44. The summed E-state index contributed by atoms with van der Waals surface area (Å²) >= 11 is 12.4. The molecular weight excluding hydrogens is 482 g/mol. The second-order valence-corrected chi connectivity index (χ2v) is 9.20. The Morgan fingerprint density at radius 1 is 1.32 bits per heavy atom. The molecule has 0 saturated carbocycles. The van der Waals surface area contributed by atoms with E-state index in [4.69, 9.17) is 38.1 Å². The van der Waals surface area contributed by atoms with Gasteiger partial charge in [-0.2, -0.15) is 0 Å². The van der Waals surface area contributed by atoms with Gasteiger partial charge in [0.15, 0.2) is 11.4 Å². The number of hydrogen-bond donors (Lipinski definition) is 2. The predicted molar refractivity (Wildman–Crippen MR) is 132 cm³/mol. The van der Waals surface area contributed by atoms with E-state index in [-0.39, 0.29) is 33.7 Å². The number of pyridine rings is 1. The van der Waals surface area contributed by atoms with Gasteiger partial charge in [0.2, 0.25) is 5.75 Å². The Labute approximate surface area is 206 Å². The molecule has 3 heterocycles. The number of furan rings is 1. The molecule has 34 heavy (non-hydrogen) atoms. The van der Waals surface area contributed by atoms with Crippen LogP contribution in [0.5, 0.6) is 5.75 Å². The molecule has 2 amide bonds. The number of nitrogens with one attached hydrogen (secondary N) is 1. The zero-order chi connectivity index (χ0) is 24.6. The zero-order valence-electron chi connectivity index (χ0n) is 19.0. The molecule has 3 N–H and O–H groups in total. The molecule has 4 rings (SSSR count). The van der Waals surface area contributed by atoms with E-state index in [1.807, 2.05) is 19.9 Å². The normalized spacial score (nSPS) is 14.9. The molecule has 0 radical (unpaired) electrons. The van der Waals surface area contributed by atoms with Gasteiger partial charge in [0, 0.05) is 41.5 Å². The van der Waals surface area contributed by atoms with E-state index < -0.39 is 11.9 Å². The van der Waals surface area contributed by atoms with E-state index in [0.717, 1.165) is 16.5 Å². The lowest BCUT2D eigenvalue weighted by Gasteiger charge is -2.27. The van der Waals surface area contributed by atoms with Crippen molar-refractivity contribution in [2.24, 2.45) is 0 Å². The van der Waals surface area contributed by atoms with Gasteiger partial charge in [0.25, 0.3) is 0 Å². The van der Waals surface area contributed by atoms with Gasteiger partial charge < -0.3 is 25.1 Å². The van der Waals surface area contributed by atoms with Crippen molar-refractivity contribution in [3.05, 3.63) is 57.7 Å². The number of rotatable bonds is 5. The minimum Gasteiger partial charge on any atom is -0.478 e. The van der Waals surface area contributed by atoms with Crippen LogP contribution < -0.4 is 15.8 Å². The summed E-state index contributed by atoms with van der Waals surface area (Å²) in [5, 5.41) is 3.79. The first-order chi connectivity index (χ1) is 16.2. The van der Waals surface area contributed by atoms with Crippen molar-refractivity contribution in [1.82, 2.24) is 15.2 Å². The van der Waals surface area contributed by atoms with Crippen molar-refractivity contribution in [3.63, 3.8) is 0 Å². The van der Waals surface area contributed by atoms with Gasteiger partial charge in [0.05, 0.1) is 16.7 Å². The van der Waals surface area contributed by atoms with Crippen molar-refractivity contribution >= 4 is 51.6 Å². The number of hydrogen-bond acceptors (Lipinski definition) is 5. The first-order valence-electron chi connectivity index (χ1n) is 10.9. The molecule has 1 aliphatic heterocycles. The SMILES string of the molecule is CC(C)NC(=O)N1CC=C(c2coc3c(O[C@H](C)c4c(Cl)ccc(F)c4Cl)c(N)ncc23)CC1. The first kappa shape index (κ1) is 24.2. The molecular formula is C24H25Cl2FN4O3. The van der Waals surface area contributed by atoms with Gasteiger partial charge in [-0.05, 0) is 44.9 Å². The Kier molecular flexibility index (Phi) is 6.91. The number of nitrogens with zero attached hydrogens (tertiary/aromatic N) is 2. The van der Waals surface area contributed by atoms with Crippen LogP contribution in [-0.4, -0.2) is 35.0 Å². The number of nitrogens with two attached hydrogens (primary N) is 1. The molecule has 0 spiro atoms. The summed E-state index contributed by atoms with van der Waals surface area (Å²) in [7, 11) is 0. The smallest absolute Gasteiger partial charge is 0.317 e. The highest BCUT2D eigenvalue weighted by Gasteiger charge is 2.25. The van der Waals surface area contributed by atoms with E-state index in [0.29, 0.717) is 30.7 Å². The fourth-order valence-electron chi connectivity index (χ4n) is 3.93. The molecule has 0 aliphatic carbocycles. The number of amides is 2. The lowest BCUT2D eigenvalue weighted by molar-refractivity contribution is 0.200. The summed E-state index contributed by atoms with van der Waals surface area (Å²) in [6.07, 6.45) is 5.19. The van der Waals surface area contributed by atoms with E-state index in [2.05, 4.69) is 10.3 Å². The molecule has 0 unspecified atom stereocenters. The molecule has 1 aliphatic rings. The number of halogens is 3. The minimum atomic E-state index is -0.721. The maximum atomic E-state index is 14.0. The third kappa shape index (κ3) is 4.65. The van der Waals surface area contributed by atoms with E-state index in [1.165, 1.54) is 12.1 Å². The number of carbonyl (C=O) groups is 1. The quantitative estimate of drug-likeness (QED) is 0.401. The Morgan fingerprint density at radius 2 is 2.09 bits per heavy atom. The zero-order valence-corrected chi connectivity index (χ0v) is 20.5. The first-order valence-corrected chi connectivity index (χ1v) is 11.6. The monoisotopic (exact) mass is 506 g/mol. The lowest BCUT2D eigenvalue weighted by atomic mass is 9.99. The highest BCUT2D eigenvalue weighted by Crippen LogP contribution is 2.41. The number of carbonyl (C=O) groups excluding carboxylic acids is 1. The van der Waals surface area contributed by atoms with Crippen LogP contribution >= 0.6 is 23.2 Å². The molecule has 10 heteroatoms. The largest absolute Gasteiger partial charge is 0.478 e. The maximum Gasteiger partial charge on any atom is 0.317 e. The van der Waals surface area contributed by atoms with Gasteiger partial charge in [-0.15, -0.1) is 0 Å². The summed E-state index contributed by atoms with van der Waals surface area (Å²) in [5.41, 5.74) is 8.71. The van der Waals surface area contributed by atoms with E-state index >= 15 is 0 Å². The molecule has 180 valence electrons. The molecule has 7 nitrogen and oxygen atoms in total. The standard InChI is InChI=1S/C24H25Cl2FN4O3/c1-12(2)30-24(32)31-8-6-14(7-9-31)16-11-33-21-15(16)10-29-23(28)22(21)34-13(3)19-17(25)4-5-18(27)20(19)26/h4-6,10-13H,7-9H2,1-3H3,(H2,28,29)(H,30,32)/t13-/m1/s1. The van der Waals surface area contributed by atoms with Gasteiger partial charge in [0.1, 0.15) is 11.9 Å². The average Bonchev–Trinajstić information content (AvgIpc) is 3.22. The van der Waals surface area contributed by atoms with Crippen molar-refractivity contribution < 1.29 is 18.3 Å². The second-order valence-electron chi connectivity index (χ2n) is 8.41. The second kappa shape index (κ2) is 9.72. The van der Waals surface area contributed by atoms with Crippen molar-refractivity contribution in [3.8, 4) is 5.75 Å². The van der Waals surface area contributed by atoms with Crippen LogP contribution in [0.1, 0.15) is 44.4 Å². The Hall–Kier alpha value is -2.97. The number of urea groups is 1. The summed E-state index contributed by atoms with van der Waals surface area (Å²) in [6, 6.07) is 2.61.